The van der Waals surface area contributed by atoms with E-state index in [9.17, 15) is 8.60 Å². The molecule has 1 unspecified atom stereocenters. The van der Waals surface area contributed by atoms with Gasteiger partial charge in [-0.15, -0.1) is 0 Å². The third kappa shape index (κ3) is 2.54. The second kappa shape index (κ2) is 6.04. The highest BCUT2D eigenvalue weighted by Crippen LogP contribution is 2.31. The second-order valence-corrected chi connectivity index (χ2v) is 6.61. The molecule has 1 aliphatic heterocycles. The van der Waals surface area contributed by atoms with Crippen molar-refractivity contribution in [3.05, 3.63) is 54.6 Å². The van der Waals surface area contributed by atoms with E-state index in [1.54, 1.807) is 41.3 Å². The minimum absolute atomic E-state index is 0.323. The van der Waals surface area contributed by atoms with Crippen LogP contribution in [-0.4, -0.2) is 31.9 Å². The fraction of sp³-hybridized carbons (Fsp3) is 0.125. The van der Waals surface area contributed by atoms with Crippen LogP contribution in [0.5, 0.6) is 0 Å². The van der Waals surface area contributed by atoms with Gasteiger partial charge in [-0.1, -0.05) is 0 Å². The van der Waals surface area contributed by atoms with Crippen molar-refractivity contribution >= 4 is 16.7 Å². The van der Waals surface area contributed by atoms with E-state index in [0.29, 0.717) is 33.7 Å². The Morgan fingerprint density at radius 1 is 1.08 bits per heavy atom. The lowest BCUT2D eigenvalue weighted by molar-refractivity contribution is 0.628. The van der Waals surface area contributed by atoms with Gasteiger partial charge < -0.3 is 10.7 Å². The van der Waals surface area contributed by atoms with Gasteiger partial charge in [0.2, 0.25) is 5.95 Å². The molecule has 0 saturated carbocycles. The molecule has 1 aliphatic rings. The van der Waals surface area contributed by atoms with Crippen molar-refractivity contribution < 1.29 is 8.60 Å². The van der Waals surface area contributed by atoms with E-state index in [0.717, 1.165) is 6.54 Å². The van der Waals surface area contributed by atoms with Crippen molar-refractivity contribution in [2.75, 3.05) is 23.8 Å². The van der Waals surface area contributed by atoms with E-state index in [2.05, 4.69) is 20.7 Å². The SMILES string of the molecule is O=S(c1ccncc1)c1c(-c2ccc(F)cc2)nc2n1NCCN2. The number of benzene rings is 1. The van der Waals surface area contributed by atoms with Gasteiger partial charge in [-0.05, 0) is 36.4 Å². The molecule has 8 heteroatoms. The lowest BCUT2D eigenvalue weighted by atomic mass is 10.2. The number of fused-ring (bicyclic) bond motifs is 1. The Labute approximate surface area is 140 Å². The summed E-state index contributed by atoms with van der Waals surface area (Å²) in [6.45, 7) is 1.41. The van der Waals surface area contributed by atoms with Gasteiger partial charge in [0, 0.05) is 35.9 Å². The lowest BCUT2D eigenvalue weighted by Gasteiger charge is -2.19. The first kappa shape index (κ1) is 14.8. The first-order valence-electron chi connectivity index (χ1n) is 7.42. The Morgan fingerprint density at radius 2 is 1.83 bits per heavy atom. The number of aromatic nitrogens is 3. The molecule has 3 heterocycles. The Morgan fingerprint density at radius 3 is 2.58 bits per heavy atom. The van der Waals surface area contributed by atoms with Gasteiger partial charge in [0.15, 0.2) is 5.03 Å². The largest absolute Gasteiger partial charge is 0.352 e. The minimum atomic E-state index is -1.46. The first-order chi connectivity index (χ1) is 11.7. The third-order valence-electron chi connectivity index (χ3n) is 3.67. The molecule has 0 saturated heterocycles. The number of imidazole rings is 1. The average molecular weight is 343 g/mol. The van der Waals surface area contributed by atoms with Crippen molar-refractivity contribution in [3.8, 4) is 11.3 Å². The Kier molecular flexibility index (Phi) is 3.73. The predicted molar refractivity (Wildman–Crippen MR) is 89.2 cm³/mol. The van der Waals surface area contributed by atoms with Gasteiger partial charge >= 0.3 is 0 Å². The van der Waals surface area contributed by atoms with Crippen LogP contribution in [0.3, 0.4) is 0 Å². The van der Waals surface area contributed by atoms with Crippen LogP contribution in [0.1, 0.15) is 0 Å². The molecule has 1 aromatic carbocycles. The van der Waals surface area contributed by atoms with Gasteiger partial charge in [0.25, 0.3) is 0 Å². The zero-order chi connectivity index (χ0) is 16.5. The van der Waals surface area contributed by atoms with E-state index in [-0.39, 0.29) is 5.82 Å². The van der Waals surface area contributed by atoms with E-state index in [1.165, 1.54) is 12.1 Å². The van der Waals surface area contributed by atoms with Crippen LogP contribution >= 0.6 is 0 Å². The smallest absolute Gasteiger partial charge is 0.223 e. The number of hydrogen-bond donors (Lipinski definition) is 2. The maximum absolute atomic E-state index is 13.2. The summed E-state index contributed by atoms with van der Waals surface area (Å²) >= 11 is 0. The van der Waals surface area contributed by atoms with E-state index in [4.69, 9.17) is 0 Å². The topological polar surface area (TPSA) is 71.8 Å². The van der Waals surface area contributed by atoms with Crippen molar-refractivity contribution in [3.63, 3.8) is 0 Å². The van der Waals surface area contributed by atoms with Gasteiger partial charge in [0.1, 0.15) is 22.3 Å². The summed E-state index contributed by atoms with van der Waals surface area (Å²) < 4.78 is 28.1. The molecule has 3 aromatic rings. The monoisotopic (exact) mass is 343 g/mol. The van der Waals surface area contributed by atoms with E-state index < -0.39 is 10.8 Å². The van der Waals surface area contributed by atoms with Crippen LogP contribution in [0.2, 0.25) is 0 Å². The highest BCUT2D eigenvalue weighted by atomic mass is 32.2. The van der Waals surface area contributed by atoms with Crippen LogP contribution in [0.4, 0.5) is 10.3 Å². The fourth-order valence-electron chi connectivity index (χ4n) is 2.55. The zero-order valence-electron chi connectivity index (χ0n) is 12.6. The molecule has 122 valence electrons. The standard InChI is InChI=1S/C16H14FN5OS/c17-12-3-1-11(2-4-12)14-15(22-16(21-14)19-9-10-20-22)24(23)13-5-7-18-8-6-13/h1-8,20H,9-10H2,(H,19,21). The number of rotatable bonds is 3. The summed E-state index contributed by atoms with van der Waals surface area (Å²) in [7, 11) is -1.46. The molecule has 0 spiro atoms. The zero-order valence-corrected chi connectivity index (χ0v) is 13.4. The fourth-order valence-corrected chi connectivity index (χ4v) is 3.80. The van der Waals surface area contributed by atoms with Gasteiger partial charge in [0.05, 0.1) is 0 Å². The van der Waals surface area contributed by atoms with Crippen LogP contribution in [-0.2, 0) is 10.8 Å². The lowest BCUT2D eigenvalue weighted by Crippen LogP contribution is -2.31. The maximum Gasteiger partial charge on any atom is 0.223 e. The average Bonchev–Trinajstić information content (AvgIpc) is 3.02. The molecule has 24 heavy (non-hydrogen) atoms. The van der Waals surface area contributed by atoms with Crippen molar-refractivity contribution in [1.29, 1.82) is 0 Å². The van der Waals surface area contributed by atoms with E-state index >= 15 is 0 Å². The maximum atomic E-state index is 13.2. The molecule has 1 atom stereocenters. The summed E-state index contributed by atoms with van der Waals surface area (Å²) in [5, 5.41) is 3.70. The third-order valence-corrected chi connectivity index (χ3v) is 5.10. The Balaban J connectivity index is 1.89. The molecule has 2 N–H and O–H groups in total. The molecule has 6 nitrogen and oxygen atoms in total. The number of pyridine rings is 1. The molecule has 0 aliphatic carbocycles. The number of hydrogen-bond acceptors (Lipinski definition) is 5. The highest BCUT2D eigenvalue weighted by Gasteiger charge is 2.26. The highest BCUT2D eigenvalue weighted by molar-refractivity contribution is 7.85. The van der Waals surface area contributed by atoms with Crippen molar-refractivity contribution in [2.45, 2.75) is 9.92 Å². The van der Waals surface area contributed by atoms with Crippen LogP contribution in [0.25, 0.3) is 11.3 Å². The summed E-state index contributed by atoms with van der Waals surface area (Å²) in [6.07, 6.45) is 3.20. The van der Waals surface area contributed by atoms with E-state index in [1.807, 2.05) is 0 Å². The number of anilines is 1. The second-order valence-electron chi connectivity index (χ2n) is 5.22. The number of nitrogens with one attached hydrogen (secondary N) is 2. The molecular formula is C16H14FN5OS. The van der Waals surface area contributed by atoms with Gasteiger partial charge in [-0.25, -0.2) is 18.3 Å². The van der Waals surface area contributed by atoms with Crippen molar-refractivity contribution in [2.24, 2.45) is 0 Å². The molecule has 0 amide bonds. The predicted octanol–water partition coefficient (Wildman–Crippen LogP) is 2.22. The number of nitrogens with zero attached hydrogens (tertiary/aromatic N) is 3. The molecule has 0 bridgehead atoms. The quantitative estimate of drug-likeness (QED) is 0.763. The molecule has 0 fully saturated rings. The molecule has 2 aromatic heterocycles. The van der Waals surface area contributed by atoms with Crippen LogP contribution in [0, 0.1) is 5.82 Å². The molecule has 4 rings (SSSR count). The first-order valence-corrected chi connectivity index (χ1v) is 8.57. The summed E-state index contributed by atoms with van der Waals surface area (Å²) in [4.78, 5) is 9.14. The minimum Gasteiger partial charge on any atom is -0.352 e. The normalized spacial score (nSPS) is 14.4. The van der Waals surface area contributed by atoms with Gasteiger partial charge in [-0.2, -0.15) is 0 Å². The Hall–Kier alpha value is -2.74. The summed E-state index contributed by atoms with van der Waals surface area (Å²) in [5.41, 5.74) is 4.46. The molecular weight excluding hydrogens is 329 g/mol. The Bertz CT molecular complexity index is 895. The van der Waals surface area contributed by atoms with Crippen molar-refractivity contribution in [1.82, 2.24) is 14.6 Å². The summed E-state index contributed by atoms with van der Waals surface area (Å²) in [6, 6.07) is 9.43. The summed E-state index contributed by atoms with van der Waals surface area (Å²) in [5.74, 6) is 0.272. The number of halogens is 1. The van der Waals surface area contributed by atoms with Gasteiger partial charge in [-0.3, -0.25) is 4.98 Å². The van der Waals surface area contributed by atoms with Crippen LogP contribution < -0.4 is 10.7 Å². The van der Waals surface area contributed by atoms with Crippen LogP contribution in [0.15, 0.2) is 58.7 Å². The molecule has 0 radical (unpaired) electrons.